The Hall–Kier alpha value is -0.0400. The van der Waals surface area contributed by atoms with Crippen LogP contribution in [-0.4, -0.2) is 23.5 Å². The third kappa shape index (κ3) is 0.878. The van der Waals surface area contributed by atoms with Crippen LogP contribution in [0.2, 0.25) is 0 Å². The molecule has 1 nitrogen and oxygen atoms in total. The fraction of sp³-hybridized carbons (Fsp3) is 1.00. The summed E-state index contributed by atoms with van der Waals surface area (Å²) >= 11 is 0. The molecule has 0 saturated carbocycles. The fourth-order valence-corrected chi connectivity index (χ4v) is 2.74. The van der Waals surface area contributed by atoms with E-state index in [-0.39, 0.29) is 0 Å². The van der Waals surface area contributed by atoms with E-state index in [0.29, 0.717) is 0 Å². The van der Waals surface area contributed by atoms with Crippen molar-refractivity contribution < 1.29 is 0 Å². The van der Waals surface area contributed by atoms with Crippen LogP contribution in [0.1, 0.15) is 39.0 Å². The van der Waals surface area contributed by atoms with E-state index in [9.17, 15) is 0 Å². The molecular weight excluding hydrogens is 122 g/mol. The molecule has 10 heavy (non-hydrogen) atoms. The first-order chi connectivity index (χ1) is 4.92. The molecule has 2 rings (SSSR count). The van der Waals surface area contributed by atoms with Crippen LogP contribution in [0.25, 0.3) is 0 Å². The summed E-state index contributed by atoms with van der Waals surface area (Å²) in [4.78, 5) is 2.71. The summed E-state index contributed by atoms with van der Waals surface area (Å²) in [6, 6.07) is 1.95. The second-order valence-corrected chi connectivity index (χ2v) is 3.65. The highest BCUT2D eigenvalue weighted by Crippen LogP contribution is 2.34. The van der Waals surface area contributed by atoms with Gasteiger partial charge >= 0.3 is 0 Å². The highest BCUT2D eigenvalue weighted by Gasteiger charge is 2.34. The van der Waals surface area contributed by atoms with Gasteiger partial charge in [-0.05, 0) is 32.2 Å². The molecule has 2 aliphatic heterocycles. The Morgan fingerprint density at radius 2 is 1.70 bits per heavy atom. The van der Waals surface area contributed by atoms with Gasteiger partial charge in [-0.3, -0.25) is 4.90 Å². The molecule has 1 heteroatoms. The zero-order valence-electron chi connectivity index (χ0n) is 6.84. The minimum absolute atomic E-state index is 0.976. The lowest BCUT2D eigenvalue weighted by molar-refractivity contribution is 0.149. The highest BCUT2D eigenvalue weighted by atomic mass is 15.2. The van der Waals surface area contributed by atoms with Gasteiger partial charge in [0.25, 0.3) is 0 Å². The Kier molecular flexibility index (Phi) is 1.69. The lowest BCUT2D eigenvalue weighted by atomic mass is 10.0. The normalized spacial score (nSPS) is 40.5. The summed E-state index contributed by atoms with van der Waals surface area (Å²) in [5.41, 5.74) is 0. The molecule has 0 aromatic heterocycles. The van der Waals surface area contributed by atoms with Gasteiger partial charge in [0.2, 0.25) is 0 Å². The number of hydrogen-bond acceptors (Lipinski definition) is 1. The summed E-state index contributed by atoms with van der Waals surface area (Å²) in [6.07, 6.45) is 7.41. The van der Waals surface area contributed by atoms with Crippen molar-refractivity contribution in [2.45, 2.75) is 51.1 Å². The molecule has 0 aromatic rings. The molecule has 58 valence electrons. The second kappa shape index (κ2) is 2.54. The van der Waals surface area contributed by atoms with Crippen molar-refractivity contribution in [3.63, 3.8) is 0 Å². The summed E-state index contributed by atoms with van der Waals surface area (Å²) < 4.78 is 0. The molecule has 0 N–H and O–H groups in total. The number of nitrogens with zero attached hydrogens (tertiary/aromatic N) is 1. The molecule has 2 saturated heterocycles. The number of fused-ring (bicyclic) bond motifs is 2. The van der Waals surface area contributed by atoms with Gasteiger partial charge in [-0.2, -0.15) is 0 Å². The number of piperidine rings is 1. The maximum Gasteiger partial charge on any atom is 0.00986 e. The van der Waals surface area contributed by atoms with Crippen LogP contribution < -0.4 is 0 Å². The van der Waals surface area contributed by atoms with Gasteiger partial charge in [-0.25, -0.2) is 0 Å². The monoisotopic (exact) mass is 139 g/mol. The SMILES string of the molecule is CCN1C2CCCC1CC2. The van der Waals surface area contributed by atoms with Crippen molar-refractivity contribution >= 4 is 0 Å². The molecule has 2 unspecified atom stereocenters. The lowest BCUT2D eigenvalue weighted by Crippen LogP contribution is -2.39. The van der Waals surface area contributed by atoms with E-state index >= 15 is 0 Å². The molecule has 2 fully saturated rings. The minimum atomic E-state index is 0.976. The lowest BCUT2D eigenvalue weighted by Gasteiger charge is -2.33. The van der Waals surface area contributed by atoms with Crippen LogP contribution in [0, 0.1) is 0 Å². The zero-order chi connectivity index (χ0) is 6.97. The summed E-state index contributed by atoms with van der Waals surface area (Å²) in [6.45, 7) is 3.59. The van der Waals surface area contributed by atoms with Gasteiger partial charge in [0.15, 0.2) is 0 Å². The molecule has 2 aliphatic rings. The van der Waals surface area contributed by atoms with E-state index in [1.54, 1.807) is 0 Å². The quantitative estimate of drug-likeness (QED) is 0.537. The molecule has 0 aromatic carbocycles. The Labute approximate surface area is 63.4 Å². The first-order valence-electron chi connectivity index (χ1n) is 4.67. The molecule has 2 bridgehead atoms. The number of rotatable bonds is 1. The predicted octanol–water partition coefficient (Wildman–Crippen LogP) is 2.02. The summed E-state index contributed by atoms with van der Waals surface area (Å²) in [5, 5.41) is 0. The molecular formula is C9H17N. The first-order valence-corrected chi connectivity index (χ1v) is 4.67. The van der Waals surface area contributed by atoms with Crippen LogP contribution in [0.5, 0.6) is 0 Å². The Morgan fingerprint density at radius 1 is 1.10 bits per heavy atom. The van der Waals surface area contributed by atoms with Crippen molar-refractivity contribution in [1.82, 2.24) is 4.90 Å². The van der Waals surface area contributed by atoms with Gasteiger partial charge in [0.1, 0.15) is 0 Å². The molecule has 0 amide bonds. The molecule has 0 aliphatic carbocycles. The maximum atomic E-state index is 2.71. The number of hydrogen-bond donors (Lipinski definition) is 0. The zero-order valence-corrected chi connectivity index (χ0v) is 6.84. The van der Waals surface area contributed by atoms with E-state index in [0.717, 1.165) is 12.1 Å². The molecule has 0 spiro atoms. The highest BCUT2D eigenvalue weighted by molar-refractivity contribution is 4.90. The van der Waals surface area contributed by atoms with Crippen LogP contribution in [0.3, 0.4) is 0 Å². The van der Waals surface area contributed by atoms with Crippen molar-refractivity contribution in [2.75, 3.05) is 6.54 Å². The second-order valence-electron chi connectivity index (χ2n) is 3.65. The van der Waals surface area contributed by atoms with E-state index in [2.05, 4.69) is 11.8 Å². The predicted molar refractivity (Wildman–Crippen MR) is 43.0 cm³/mol. The van der Waals surface area contributed by atoms with Gasteiger partial charge < -0.3 is 0 Å². The minimum Gasteiger partial charge on any atom is -0.298 e. The smallest absolute Gasteiger partial charge is 0.00986 e. The van der Waals surface area contributed by atoms with E-state index in [1.165, 1.54) is 38.6 Å². The molecule has 2 atom stereocenters. The molecule has 2 heterocycles. The first kappa shape index (κ1) is 6.66. The topological polar surface area (TPSA) is 3.24 Å². The van der Waals surface area contributed by atoms with E-state index in [4.69, 9.17) is 0 Å². The van der Waals surface area contributed by atoms with Crippen molar-refractivity contribution in [2.24, 2.45) is 0 Å². The van der Waals surface area contributed by atoms with Crippen LogP contribution in [-0.2, 0) is 0 Å². The Bertz CT molecular complexity index is 106. The third-order valence-electron chi connectivity index (χ3n) is 3.21. The summed E-state index contributed by atoms with van der Waals surface area (Å²) in [5.74, 6) is 0. The Balaban J connectivity index is 2.06. The average molecular weight is 139 g/mol. The average Bonchev–Trinajstić information content (AvgIpc) is 2.19. The maximum absolute atomic E-state index is 2.71. The van der Waals surface area contributed by atoms with Crippen LogP contribution in [0.4, 0.5) is 0 Å². The van der Waals surface area contributed by atoms with Crippen molar-refractivity contribution in [3.05, 3.63) is 0 Å². The van der Waals surface area contributed by atoms with Crippen LogP contribution >= 0.6 is 0 Å². The van der Waals surface area contributed by atoms with Gasteiger partial charge in [0, 0.05) is 12.1 Å². The van der Waals surface area contributed by atoms with Gasteiger partial charge in [-0.15, -0.1) is 0 Å². The van der Waals surface area contributed by atoms with E-state index in [1.807, 2.05) is 0 Å². The largest absolute Gasteiger partial charge is 0.298 e. The summed E-state index contributed by atoms with van der Waals surface area (Å²) in [7, 11) is 0. The van der Waals surface area contributed by atoms with Gasteiger partial charge in [0.05, 0.1) is 0 Å². The van der Waals surface area contributed by atoms with E-state index < -0.39 is 0 Å². The fourth-order valence-electron chi connectivity index (χ4n) is 2.74. The van der Waals surface area contributed by atoms with Crippen LogP contribution in [0.15, 0.2) is 0 Å². The van der Waals surface area contributed by atoms with Crippen molar-refractivity contribution in [3.8, 4) is 0 Å². The van der Waals surface area contributed by atoms with Crippen molar-refractivity contribution in [1.29, 1.82) is 0 Å². The molecule has 0 radical (unpaired) electrons. The third-order valence-corrected chi connectivity index (χ3v) is 3.21. The standard InChI is InChI=1S/C9H17N/c1-2-10-8-4-3-5-9(10)7-6-8/h8-9H,2-7H2,1H3. The Morgan fingerprint density at radius 3 is 2.10 bits per heavy atom. The van der Waals surface area contributed by atoms with Gasteiger partial charge in [-0.1, -0.05) is 13.3 Å².